The van der Waals surface area contributed by atoms with Crippen LogP contribution in [0.5, 0.6) is 5.75 Å². The second-order valence-corrected chi connectivity index (χ2v) is 8.30. The molecule has 0 amide bonds. The fourth-order valence-electron chi connectivity index (χ4n) is 2.79. The van der Waals surface area contributed by atoms with Crippen molar-refractivity contribution in [1.29, 1.82) is 0 Å². The van der Waals surface area contributed by atoms with E-state index in [9.17, 15) is 4.79 Å². The molecule has 0 aliphatic rings. The summed E-state index contributed by atoms with van der Waals surface area (Å²) in [5.41, 5.74) is 3.86. The van der Waals surface area contributed by atoms with E-state index in [0.717, 1.165) is 21.9 Å². The first kappa shape index (κ1) is 19.1. The Hall–Kier alpha value is -2.66. The van der Waals surface area contributed by atoms with Crippen LogP contribution >= 0.6 is 11.3 Å². The molecule has 0 aliphatic carbocycles. The average molecular weight is 381 g/mol. The molecule has 0 bridgehead atoms. The predicted molar refractivity (Wildman–Crippen MR) is 108 cm³/mol. The highest BCUT2D eigenvalue weighted by Crippen LogP contribution is 2.31. The molecule has 2 aromatic carbocycles. The molecule has 0 unspecified atom stereocenters. The molecule has 5 heteroatoms. The smallest absolute Gasteiger partial charge is 0.309 e. The van der Waals surface area contributed by atoms with Gasteiger partial charge in [0.15, 0.2) is 0 Å². The van der Waals surface area contributed by atoms with Crippen molar-refractivity contribution >= 4 is 17.3 Å². The van der Waals surface area contributed by atoms with Gasteiger partial charge in [0, 0.05) is 10.9 Å². The molecular formula is C22H23NO3S. The van der Waals surface area contributed by atoms with Crippen molar-refractivity contribution in [1.82, 2.24) is 4.98 Å². The van der Waals surface area contributed by atoms with Crippen LogP contribution in [0.3, 0.4) is 0 Å². The van der Waals surface area contributed by atoms with Crippen LogP contribution in [0, 0.1) is 0 Å². The van der Waals surface area contributed by atoms with E-state index in [1.807, 2.05) is 42.5 Å². The number of carboxylic acids is 1. The topological polar surface area (TPSA) is 59.4 Å². The molecule has 3 rings (SSSR count). The van der Waals surface area contributed by atoms with E-state index in [-0.39, 0.29) is 11.8 Å². The predicted octanol–water partition coefficient (Wildman–Crippen LogP) is 5.31. The van der Waals surface area contributed by atoms with E-state index in [2.05, 4.69) is 31.8 Å². The van der Waals surface area contributed by atoms with Crippen LogP contribution in [0.1, 0.15) is 37.6 Å². The van der Waals surface area contributed by atoms with E-state index < -0.39 is 5.97 Å². The number of thiazole rings is 1. The van der Waals surface area contributed by atoms with E-state index in [4.69, 9.17) is 9.84 Å². The number of carboxylic acid groups (broad SMARTS) is 1. The summed E-state index contributed by atoms with van der Waals surface area (Å²) in [6.07, 6.45) is -0.0460. The number of para-hydroxylation sites is 1. The zero-order valence-corrected chi connectivity index (χ0v) is 16.5. The fourth-order valence-corrected chi connectivity index (χ4v) is 3.62. The van der Waals surface area contributed by atoms with E-state index >= 15 is 0 Å². The monoisotopic (exact) mass is 381 g/mol. The lowest BCUT2D eigenvalue weighted by atomic mass is 9.86. The zero-order valence-electron chi connectivity index (χ0n) is 15.7. The quantitative estimate of drug-likeness (QED) is 0.628. The number of aliphatic carboxylic acids is 1. The van der Waals surface area contributed by atoms with Crippen LogP contribution in [-0.2, 0) is 23.2 Å². The van der Waals surface area contributed by atoms with Crippen LogP contribution in [0.25, 0.3) is 10.6 Å². The first-order chi connectivity index (χ1) is 12.8. The van der Waals surface area contributed by atoms with Gasteiger partial charge in [-0.15, -0.1) is 11.3 Å². The van der Waals surface area contributed by atoms with Gasteiger partial charge in [-0.1, -0.05) is 63.2 Å². The molecular weight excluding hydrogens is 358 g/mol. The number of nitrogens with zero attached hydrogens (tertiary/aromatic N) is 1. The number of benzene rings is 2. The lowest BCUT2D eigenvalue weighted by Crippen LogP contribution is -2.13. The molecule has 4 nitrogen and oxygen atoms in total. The second-order valence-electron chi connectivity index (χ2n) is 7.45. The molecule has 3 aromatic rings. The van der Waals surface area contributed by atoms with E-state index in [1.165, 1.54) is 16.9 Å². The molecule has 0 saturated carbocycles. The van der Waals surface area contributed by atoms with Gasteiger partial charge in [0.1, 0.15) is 17.4 Å². The van der Waals surface area contributed by atoms with Crippen molar-refractivity contribution in [3.63, 3.8) is 0 Å². The van der Waals surface area contributed by atoms with Crippen LogP contribution < -0.4 is 4.74 Å². The molecule has 0 spiro atoms. The molecule has 27 heavy (non-hydrogen) atoms. The largest absolute Gasteiger partial charge is 0.489 e. The Morgan fingerprint density at radius 1 is 1.11 bits per heavy atom. The average Bonchev–Trinajstić information content (AvgIpc) is 3.07. The SMILES string of the molecule is CC(C)(C)c1ccccc1OCc1ccc(-c2nc(CC(=O)O)cs2)cc1. The number of ether oxygens (including phenoxy) is 1. The summed E-state index contributed by atoms with van der Waals surface area (Å²) in [6, 6.07) is 16.2. The van der Waals surface area contributed by atoms with Gasteiger partial charge in [0.2, 0.25) is 0 Å². The highest BCUT2D eigenvalue weighted by Gasteiger charge is 2.18. The van der Waals surface area contributed by atoms with Crippen molar-refractivity contribution in [2.24, 2.45) is 0 Å². The molecule has 140 valence electrons. The third-order valence-electron chi connectivity index (χ3n) is 4.17. The third-order valence-corrected chi connectivity index (χ3v) is 5.11. The van der Waals surface area contributed by atoms with Crippen LogP contribution in [0.2, 0.25) is 0 Å². The van der Waals surface area contributed by atoms with Crippen molar-refractivity contribution in [2.75, 3.05) is 0 Å². The first-order valence-corrected chi connectivity index (χ1v) is 9.69. The summed E-state index contributed by atoms with van der Waals surface area (Å²) in [5.74, 6) is 0.0437. The lowest BCUT2D eigenvalue weighted by molar-refractivity contribution is -0.136. The first-order valence-electron chi connectivity index (χ1n) is 8.81. The molecule has 1 N–H and O–H groups in total. The Morgan fingerprint density at radius 3 is 2.48 bits per heavy atom. The normalized spacial score (nSPS) is 11.4. The maximum atomic E-state index is 10.8. The molecule has 0 fully saturated rings. The molecule has 0 atom stereocenters. The fraction of sp³-hybridized carbons (Fsp3) is 0.273. The van der Waals surface area contributed by atoms with Crippen molar-refractivity contribution in [3.05, 3.63) is 70.7 Å². The Morgan fingerprint density at radius 2 is 1.81 bits per heavy atom. The molecule has 1 heterocycles. The van der Waals surface area contributed by atoms with Gasteiger partial charge in [-0.3, -0.25) is 4.79 Å². The summed E-state index contributed by atoms with van der Waals surface area (Å²) in [5, 5.41) is 11.5. The zero-order chi connectivity index (χ0) is 19.4. The Kier molecular flexibility index (Phi) is 5.61. The van der Waals surface area contributed by atoms with Gasteiger partial charge in [0.05, 0.1) is 12.1 Å². The lowest BCUT2D eigenvalue weighted by Gasteiger charge is -2.22. The van der Waals surface area contributed by atoms with Gasteiger partial charge in [-0.25, -0.2) is 4.98 Å². The summed E-state index contributed by atoms with van der Waals surface area (Å²) in [7, 11) is 0. The maximum absolute atomic E-state index is 10.8. The van der Waals surface area contributed by atoms with Crippen molar-refractivity contribution < 1.29 is 14.6 Å². The summed E-state index contributed by atoms with van der Waals surface area (Å²) >= 11 is 1.46. The Bertz CT molecular complexity index is 923. The van der Waals surface area contributed by atoms with Gasteiger partial charge in [-0.2, -0.15) is 0 Å². The molecule has 1 aromatic heterocycles. The highest BCUT2D eigenvalue weighted by molar-refractivity contribution is 7.13. The number of rotatable bonds is 6. The van der Waals surface area contributed by atoms with E-state index in [0.29, 0.717) is 12.3 Å². The highest BCUT2D eigenvalue weighted by atomic mass is 32.1. The van der Waals surface area contributed by atoms with Gasteiger partial charge in [-0.05, 0) is 22.6 Å². The molecule has 0 aliphatic heterocycles. The number of hydrogen-bond acceptors (Lipinski definition) is 4. The van der Waals surface area contributed by atoms with Crippen LogP contribution in [0.15, 0.2) is 53.9 Å². The van der Waals surface area contributed by atoms with Crippen LogP contribution in [-0.4, -0.2) is 16.1 Å². The molecule has 0 saturated heterocycles. The molecule has 0 radical (unpaired) electrons. The van der Waals surface area contributed by atoms with Crippen molar-refractivity contribution in [3.8, 4) is 16.3 Å². The number of hydrogen-bond donors (Lipinski definition) is 1. The number of carbonyl (C=O) groups is 1. The maximum Gasteiger partial charge on any atom is 0.309 e. The van der Waals surface area contributed by atoms with Gasteiger partial charge < -0.3 is 9.84 Å². The van der Waals surface area contributed by atoms with Crippen molar-refractivity contribution in [2.45, 2.75) is 39.2 Å². The second kappa shape index (κ2) is 7.92. The Balaban J connectivity index is 1.68. The number of aromatic nitrogens is 1. The van der Waals surface area contributed by atoms with Gasteiger partial charge >= 0.3 is 5.97 Å². The standard InChI is InChI=1S/C22H23NO3S/c1-22(2,3)18-6-4-5-7-19(18)26-13-15-8-10-16(11-9-15)21-23-17(14-27-21)12-20(24)25/h4-11,14H,12-13H2,1-3H3,(H,24,25). The Labute approximate surface area is 163 Å². The van der Waals surface area contributed by atoms with Crippen LogP contribution in [0.4, 0.5) is 0 Å². The summed E-state index contributed by atoms with van der Waals surface area (Å²) in [4.78, 5) is 15.2. The minimum Gasteiger partial charge on any atom is -0.489 e. The summed E-state index contributed by atoms with van der Waals surface area (Å²) in [6.45, 7) is 7.03. The minimum absolute atomic E-state index is 0.0267. The van der Waals surface area contributed by atoms with E-state index in [1.54, 1.807) is 5.38 Å². The minimum atomic E-state index is -0.866. The van der Waals surface area contributed by atoms with Gasteiger partial charge in [0.25, 0.3) is 0 Å². The third kappa shape index (κ3) is 4.95. The summed E-state index contributed by atoms with van der Waals surface area (Å²) < 4.78 is 6.06.